The van der Waals surface area contributed by atoms with Crippen molar-refractivity contribution in [2.45, 2.75) is 32.4 Å². The lowest BCUT2D eigenvalue weighted by Gasteiger charge is -2.18. The molecule has 0 saturated carbocycles. The molecule has 7 heteroatoms. The van der Waals surface area contributed by atoms with Gasteiger partial charge in [0, 0.05) is 25.8 Å². The molecule has 1 N–H and O–H groups in total. The summed E-state index contributed by atoms with van der Waals surface area (Å²) in [5.74, 6) is -1.09. The molecule has 0 spiro atoms. The van der Waals surface area contributed by atoms with Crippen LogP contribution in [0.5, 0.6) is 0 Å². The standard InChI is InChI=1S/C13H19N3O4/c1-2-20-11(13(18)19)9-16-12(17)7-10(8-14-16)15-5-3-4-6-15/h7-8,11H,2-6,9H2,1H3,(H,18,19). The molecule has 0 aromatic carbocycles. The number of anilines is 1. The van der Waals surface area contributed by atoms with Crippen LogP contribution in [0, 0.1) is 0 Å². The highest BCUT2D eigenvalue weighted by molar-refractivity contribution is 5.72. The first-order valence-electron chi connectivity index (χ1n) is 6.78. The summed E-state index contributed by atoms with van der Waals surface area (Å²) in [7, 11) is 0. The van der Waals surface area contributed by atoms with Gasteiger partial charge in [0.1, 0.15) is 0 Å². The Balaban J connectivity index is 2.12. The van der Waals surface area contributed by atoms with Gasteiger partial charge in [0.15, 0.2) is 6.10 Å². The van der Waals surface area contributed by atoms with E-state index in [0.29, 0.717) is 0 Å². The minimum absolute atomic E-state index is 0.0811. The fourth-order valence-corrected chi connectivity index (χ4v) is 2.27. The highest BCUT2D eigenvalue weighted by Gasteiger charge is 2.20. The zero-order valence-corrected chi connectivity index (χ0v) is 11.5. The van der Waals surface area contributed by atoms with Gasteiger partial charge in [-0.1, -0.05) is 0 Å². The second-order valence-electron chi connectivity index (χ2n) is 4.71. The van der Waals surface area contributed by atoms with Crippen LogP contribution >= 0.6 is 0 Å². The third-order valence-corrected chi connectivity index (χ3v) is 3.31. The number of ether oxygens (including phenoxy) is 1. The van der Waals surface area contributed by atoms with Crippen molar-refractivity contribution >= 4 is 11.7 Å². The molecule has 1 aliphatic heterocycles. The van der Waals surface area contributed by atoms with E-state index >= 15 is 0 Å². The van der Waals surface area contributed by atoms with Gasteiger partial charge in [0.05, 0.1) is 18.4 Å². The topological polar surface area (TPSA) is 84.7 Å². The Morgan fingerprint density at radius 2 is 2.20 bits per heavy atom. The predicted molar refractivity (Wildman–Crippen MR) is 73.0 cm³/mol. The van der Waals surface area contributed by atoms with Crippen molar-refractivity contribution in [2.75, 3.05) is 24.6 Å². The van der Waals surface area contributed by atoms with Crippen LogP contribution in [0.25, 0.3) is 0 Å². The Hall–Kier alpha value is -1.89. The first-order chi connectivity index (χ1) is 9.61. The summed E-state index contributed by atoms with van der Waals surface area (Å²) in [4.78, 5) is 25.1. The maximum atomic E-state index is 12.0. The Morgan fingerprint density at radius 1 is 1.50 bits per heavy atom. The number of hydrogen-bond donors (Lipinski definition) is 1. The van der Waals surface area contributed by atoms with Gasteiger partial charge in [-0.05, 0) is 19.8 Å². The Kier molecular flexibility index (Phi) is 4.73. The lowest BCUT2D eigenvalue weighted by Crippen LogP contribution is -2.35. The van der Waals surface area contributed by atoms with Gasteiger partial charge in [-0.25, -0.2) is 9.48 Å². The third-order valence-electron chi connectivity index (χ3n) is 3.31. The molecule has 1 atom stereocenters. The van der Waals surface area contributed by atoms with Crippen molar-refractivity contribution in [2.24, 2.45) is 0 Å². The minimum Gasteiger partial charge on any atom is -0.479 e. The van der Waals surface area contributed by atoms with Crippen LogP contribution in [0.4, 0.5) is 5.69 Å². The van der Waals surface area contributed by atoms with Gasteiger partial charge >= 0.3 is 5.97 Å². The lowest BCUT2D eigenvalue weighted by atomic mass is 10.3. The van der Waals surface area contributed by atoms with E-state index in [4.69, 9.17) is 9.84 Å². The summed E-state index contributed by atoms with van der Waals surface area (Å²) in [6.07, 6.45) is 2.79. The molecule has 7 nitrogen and oxygen atoms in total. The number of aromatic nitrogens is 2. The molecule has 110 valence electrons. The van der Waals surface area contributed by atoms with Gasteiger partial charge in [-0.15, -0.1) is 0 Å². The number of carboxylic acid groups (broad SMARTS) is 1. The fraction of sp³-hybridized carbons (Fsp3) is 0.615. The first-order valence-corrected chi connectivity index (χ1v) is 6.78. The molecule has 0 amide bonds. The number of hydrogen-bond acceptors (Lipinski definition) is 5. The molecule has 0 radical (unpaired) electrons. The molecule has 0 bridgehead atoms. The van der Waals surface area contributed by atoms with E-state index in [2.05, 4.69) is 10.00 Å². The van der Waals surface area contributed by atoms with Crippen molar-refractivity contribution in [1.82, 2.24) is 9.78 Å². The zero-order valence-electron chi connectivity index (χ0n) is 11.5. The van der Waals surface area contributed by atoms with Crippen molar-refractivity contribution in [1.29, 1.82) is 0 Å². The Labute approximate surface area is 116 Å². The zero-order chi connectivity index (χ0) is 14.5. The summed E-state index contributed by atoms with van der Waals surface area (Å²) < 4.78 is 6.22. The molecule has 1 saturated heterocycles. The second-order valence-corrected chi connectivity index (χ2v) is 4.71. The smallest absolute Gasteiger partial charge is 0.334 e. The van der Waals surface area contributed by atoms with E-state index in [-0.39, 0.29) is 18.7 Å². The van der Waals surface area contributed by atoms with Crippen LogP contribution in [0.15, 0.2) is 17.1 Å². The molecule has 1 aliphatic rings. The van der Waals surface area contributed by atoms with Crippen molar-refractivity contribution in [3.05, 3.63) is 22.6 Å². The largest absolute Gasteiger partial charge is 0.479 e. The maximum absolute atomic E-state index is 12.0. The summed E-state index contributed by atoms with van der Waals surface area (Å²) in [6.45, 7) is 3.77. The fourth-order valence-electron chi connectivity index (χ4n) is 2.27. The molecule has 1 fully saturated rings. The Morgan fingerprint density at radius 3 is 2.75 bits per heavy atom. The molecule has 20 heavy (non-hydrogen) atoms. The van der Waals surface area contributed by atoms with Gasteiger partial charge in [-0.2, -0.15) is 5.10 Å². The maximum Gasteiger partial charge on any atom is 0.334 e. The van der Waals surface area contributed by atoms with E-state index in [1.54, 1.807) is 13.1 Å². The monoisotopic (exact) mass is 281 g/mol. The van der Waals surface area contributed by atoms with E-state index in [0.717, 1.165) is 36.3 Å². The van der Waals surface area contributed by atoms with Crippen LogP contribution in [0.1, 0.15) is 19.8 Å². The third kappa shape index (κ3) is 3.36. The van der Waals surface area contributed by atoms with Gasteiger partial charge in [-0.3, -0.25) is 4.79 Å². The molecule has 2 rings (SSSR count). The van der Waals surface area contributed by atoms with Gasteiger partial charge in [0.25, 0.3) is 5.56 Å². The highest BCUT2D eigenvalue weighted by atomic mass is 16.5. The summed E-state index contributed by atoms with van der Waals surface area (Å²) in [5, 5.41) is 13.1. The molecular formula is C13H19N3O4. The number of carbonyl (C=O) groups is 1. The van der Waals surface area contributed by atoms with Crippen LogP contribution < -0.4 is 10.5 Å². The van der Waals surface area contributed by atoms with E-state index in [1.807, 2.05) is 0 Å². The number of rotatable bonds is 6. The predicted octanol–water partition coefficient (Wildman–Crippen LogP) is 0.333. The van der Waals surface area contributed by atoms with E-state index < -0.39 is 12.1 Å². The summed E-state index contributed by atoms with van der Waals surface area (Å²) in [5.41, 5.74) is 0.493. The lowest BCUT2D eigenvalue weighted by molar-refractivity contribution is -0.151. The van der Waals surface area contributed by atoms with E-state index in [1.165, 1.54) is 6.07 Å². The molecule has 2 heterocycles. The van der Waals surface area contributed by atoms with Gasteiger partial charge < -0.3 is 14.7 Å². The summed E-state index contributed by atoms with van der Waals surface area (Å²) in [6, 6.07) is 1.50. The van der Waals surface area contributed by atoms with Crippen LogP contribution in [-0.4, -0.2) is 46.7 Å². The average molecular weight is 281 g/mol. The quantitative estimate of drug-likeness (QED) is 0.809. The highest BCUT2D eigenvalue weighted by Crippen LogP contribution is 2.16. The minimum atomic E-state index is -1.09. The van der Waals surface area contributed by atoms with Gasteiger partial charge in [0.2, 0.25) is 0 Å². The number of carboxylic acids is 1. The normalized spacial score (nSPS) is 16.4. The van der Waals surface area contributed by atoms with Crippen LogP contribution in [-0.2, 0) is 16.1 Å². The van der Waals surface area contributed by atoms with E-state index in [9.17, 15) is 9.59 Å². The first kappa shape index (κ1) is 14.5. The van der Waals surface area contributed by atoms with Crippen LogP contribution in [0.2, 0.25) is 0 Å². The SMILES string of the molecule is CCOC(Cn1ncc(N2CCCC2)cc1=O)C(=O)O. The van der Waals surface area contributed by atoms with Crippen molar-refractivity contribution < 1.29 is 14.6 Å². The molecular weight excluding hydrogens is 262 g/mol. The number of nitrogens with zero attached hydrogens (tertiary/aromatic N) is 3. The molecule has 0 aliphatic carbocycles. The average Bonchev–Trinajstić information content (AvgIpc) is 2.94. The summed E-state index contributed by atoms with van der Waals surface area (Å²) >= 11 is 0. The molecule has 1 unspecified atom stereocenters. The number of aliphatic carboxylic acids is 1. The van der Waals surface area contributed by atoms with Crippen LogP contribution in [0.3, 0.4) is 0 Å². The molecule has 1 aromatic rings. The van der Waals surface area contributed by atoms with Crippen molar-refractivity contribution in [3.63, 3.8) is 0 Å². The Bertz CT molecular complexity index is 523. The van der Waals surface area contributed by atoms with Crippen molar-refractivity contribution in [3.8, 4) is 0 Å². The second kappa shape index (κ2) is 6.51. The molecule has 1 aromatic heterocycles.